The Labute approximate surface area is 428 Å². The number of rotatable bonds is 45. The smallest absolute Gasteiger partial charge is 0.303 e. The molecule has 0 bridgehead atoms. The molecule has 16 heteroatoms. The van der Waals surface area contributed by atoms with Gasteiger partial charge < -0.3 is 41.4 Å². The zero-order chi connectivity index (χ0) is 51.7. The summed E-state index contributed by atoms with van der Waals surface area (Å²) in [6.45, 7) is 5.91. The molecule has 0 aromatic heterocycles. The molecule has 2 aliphatic rings. The van der Waals surface area contributed by atoms with Crippen molar-refractivity contribution in [3.63, 3.8) is 0 Å². The minimum atomic E-state index is -1.14. The highest BCUT2D eigenvalue weighted by atomic mass is 16.5. The van der Waals surface area contributed by atoms with Crippen molar-refractivity contribution in [3.05, 3.63) is 0 Å². The van der Waals surface area contributed by atoms with E-state index in [1.54, 1.807) is 9.80 Å². The van der Waals surface area contributed by atoms with Gasteiger partial charge in [0, 0.05) is 52.0 Å². The molecule has 2 heterocycles. The Morgan fingerprint density at radius 3 is 1.25 bits per heavy atom. The van der Waals surface area contributed by atoms with Gasteiger partial charge in [0.1, 0.15) is 24.2 Å². The van der Waals surface area contributed by atoms with E-state index in [-0.39, 0.29) is 56.0 Å². The van der Waals surface area contributed by atoms with Gasteiger partial charge in [-0.2, -0.15) is 5.48 Å². The number of nitrogens with one attached hydrogen (secondary N) is 5. The molecule has 6 amide bonds. The Kier molecular flexibility index (Phi) is 37.2. The Bertz CT molecular complexity index is 1490. The largest absolute Gasteiger partial charge is 0.481 e. The fourth-order valence-corrected chi connectivity index (χ4v) is 10.0. The van der Waals surface area contributed by atoms with Crippen LogP contribution in [0.1, 0.15) is 251 Å². The van der Waals surface area contributed by atoms with Crippen LogP contribution in [0.5, 0.6) is 0 Å². The number of carboxylic acid groups (broad SMARTS) is 1. The van der Waals surface area contributed by atoms with Gasteiger partial charge in [0.05, 0.1) is 0 Å². The van der Waals surface area contributed by atoms with Crippen LogP contribution >= 0.6 is 0 Å². The van der Waals surface area contributed by atoms with Gasteiger partial charge in [-0.25, -0.2) is 0 Å². The van der Waals surface area contributed by atoms with Crippen LogP contribution in [0.3, 0.4) is 0 Å². The number of hydrogen-bond donors (Lipinski definition) is 7. The highest BCUT2D eigenvalue weighted by Crippen LogP contribution is 2.22. The molecule has 2 saturated heterocycles. The first-order valence-corrected chi connectivity index (χ1v) is 28.9. The van der Waals surface area contributed by atoms with E-state index in [0.29, 0.717) is 64.6 Å². The highest BCUT2D eigenvalue weighted by molar-refractivity contribution is 5.92. The van der Waals surface area contributed by atoms with Gasteiger partial charge in [0.25, 0.3) is 0 Å². The molecule has 0 aromatic carbocycles. The number of unbranched alkanes of at least 4 members (excludes halogenated alkanes) is 25. The van der Waals surface area contributed by atoms with Crippen LogP contribution in [0.2, 0.25) is 0 Å². The zero-order valence-corrected chi connectivity index (χ0v) is 44.7. The van der Waals surface area contributed by atoms with Gasteiger partial charge in [-0.1, -0.05) is 168 Å². The molecule has 16 nitrogen and oxygen atoms in total. The lowest BCUT2D eigenvalue weighted by molar-refractivity contribution is -0.139. The lowest BCUT2D eigenvalue weighted by atomic mass is 10.0. The minimum absolute atomic E-state index is 0.00715. The summed E-state index contributed by atoms with van der Waals surface area (Å²) in [6, 6.07) is -3.23. The predicted octanol–water partition coefficient (Wildman–Crippen LogP) is 9.15. The van der Waals surface area contributed by atoms with Gasteiger partial charge in [-0.3, -0.25) is 33.6 Å². The van der Waals surface area contributed by atoms with Crippen molar-refractivity contribution < 1.29 is 43.9 Å². The first-order chi connectivity index (χ1) is 34.5. The van der Waals surface area contributed by atoms with Crippen molar-refractivity contribution in [3.8, 4) is 0 Å². The van der Waals surface area contributed by atoms with E-state index in [0.717, 1.165) is 44.9 Å². The topological polar surface area (TPSA) is 227 Å². The second kappa shape index (κ2) is 41.7. The van der Waals surface area contributed by atoms with Crippen LogP contribution in [0.15, 0.2) is 0 Å². The van der Waals surface area contributed by atoms with Crippen molar-refractivity contribution in [2.24, 2.45) is 0 Å². The molecule has 4 unspecified atom stereocenters. The first kappa shape index (κ1) is 63.3. The third-order valence-corrected chi connectivity index (χ3v) is 14.4. The molecule has 2 aliphatic heterocycles. The van der Waals surface area contributed by atoms with Crippen LogP contribution < -0.4 is 26.7 Å². The Hall–Kier alpha value is -3.79. The summed E-state index contributed by atoms with van der Waals surface area (Å²) >= 11 is 0. The van der Waals surface area contributed by atoms with E-state index in [2.05, 4.69) is 35.1 Å². The molecule has 0 aromatic rings. The molecular weight excluding hydrogens is 903 g/mol. The van der Waals surface area contributed by atoms with Crippen molar-refractivity contribution in [1.29, 1.82) is 0 Å². The van der Waals surface area contributed by atoms with E-state index in [9.17, 15) is 38.8 Å². The second-order valence-corrected chi connectivity index (χ2v) is 20.5. The summed E-state index contributed by atoms with van der Waals surface area (Å²) < 4.78 is 0. The van der Waals surface area contributed by atoms with E-state index in [1.807, 2.05) is 5.48 Å². The number of nitrogens with zero attached hydrogens (tertiary/aromatic N) is 2. The molecule has 0 aliphatic carbocycles. The average molecular weight is 1000 g/mol. The highest BCUT2D eigenvalue weighted by Gasteiger charge is 2.36. The van der Waals surface area contributed by atoms with Crippen LogP contribution in [0.4, 0.5) is 0 Å². The lowest BCUT2D eigenvalue weighted by Crippen LogP contribution is -2.54. The fourth-order valence-electron chi connectivity index (χ4n) is 10.0. The van der Waals surface area contributed by atoms with Crippen molar-refractivity contribution in [2.75, 3.05) is 32.7 Å². The number of carboxylic acids is 1. The van der Waals surface area contributed by atoms with Crippen LogP contribution in [0.25, 0.3) is 0 Å². The number of amides is 6. The van der Waals surface area contributed by atoms with E-state index in [1.165, 1.54) is 128 Å². The van der Waals surface area contributed by atoms with Crippen molar-refractivity contribution in [1.82, 2.24) is 36.5 Å². The molecule has 410 valence electrons. The first-order valence-electron chi connectivity index (χ1n) is 28.9. The van der Waals surface area contributed by atoms with Crippen molar-refractivity contribution in [2.45, 2.75) is 276 Å². The molecule has 7 N–H and O–H groups in total. The molecular formula is C55H101N7O9. The maximum atomic E-state index is 13.8. The van der Waals surface area contributed by atoms with Crippen LogP contribution in [-0.2, 0) is 33.6 Å². The standard InChI is InChI=1S/C55H101N7O9/c1-3-5-7-9-11-13-15-17-19-21-23-25-27-36-49(63)61-43-31-34-47(61)54(69)56-40-30-29-33-45(52(67)57-41-42-58-53(68)46(60-71)38-39-51(65)66)59-55(70)48-35-32-44-62(48)50(64)37-28-26-24-22-20-18-16-14-12-10-8-6-4-2/h45-48,60,71H,3-44H2,1-2H3,(H,56,69)(H,57,67)(H,58,68)(H,59,70)(H,65,66). The summed E-state index contributed by atoms with van der Waals surface area (Å²) in [5, 5.41) is 29.5. The van der Waals surface area contributed by atoms with E-state index >= 15 is 0 Å². The summed E-state index contributed by atoms with van der Waals surface area (Å²) in [5.41, 5.74) is 1.82. The Morgan fingerprint density at radius 1 is 0.451 bits per heavy atom. The maximum Gasteiger partial charge on any atom is 0.303 e. The van der Waals surface area contributed by atoms with Gasteiger partial charge in [0.2, 0.25) is 35.4 Å². The van der Waals surface area contributed by atoms with Crippen LogP contribution in [0, 0.1) is 0 Å². The zero-order valence-electron chi connectivity index (χ0n) is 44.7. The van der Waals surface area contributed by atoms with Crippen molar-refractivity contribution >= 4 is 41.4 Å². The normalized spacial score (nSPS) is 16.4. The van der Waals surface area contributed by atoms with Crippen LogP contribution in [-0.4, -0.2) is 118 Å². The molecule has 71 heavy (non-hydrogen) atoms. The van der Waals surface area contributed by atoms with Gasteiger partial charge in [0.15, 0.2) is 0 Å². The molecule has 2 fully saturated rings. The monoisotopic (exact) mass is 1000 g/mol. The van der Waals surface area contributed by atoms with Gasteiger partial charge >= 0.3 is 5.97 Å². The third kappa shape index (κ3) is 29.5. The number of carbonyl (C=O) groups is 7. The predicted molar refractivity (Wildman–Crippen MR) is 280 cm³/mol. The minimum Gasteiger partial charge on any atom is -0.481 e. The maximum absolute atomic E-state index is 13.8. The third-order valence-electron chi connectivity index (χ3n) is 14.4. The van der Waals surface area contributed by atoms with Gasteiger partial charge in [-0.15, -0.1) is 0 Å². The summed E-state index contributed by atoms with van der Waals surface area (Å²) in [5.74, 6) is -2.76. The summed E-state index contributed by atoms with van der Waals surface area (Å²) in [4.78, 5) is 94.0. The number of hydrogen-bond acceptors (Lipinski definition) is 9. The molecule has 4 atom stereocenters. The average Bonchev–Trinajstić information content (AvgIpc) is 4.07. The molecule has 2 rings (SSSR count). The molecule has 0 spiro atoms. The number of carbonyl (C=O) groups excluding carboxylic acids is 6. The second-order valence-electron chi connectivity index (χ2n) is 20.5. The Balaban J connectivity index is 1.82. The van der Waals surface area contributed by atoms with Gasteiger partial charge in [-0.05, 0) is 64.2 Å². The molecule has 0 saturated carbocycles. The summed E-state index contributed by atoms with van der Waals surface area (Å²) in [6.07, 6.45) is 36.2. The number of aliphatic carboxylic acids is 1. The number of hydroxylamine groups is 1. The van der Waals surface area contributed by atoms with E-state index < -0.39 is 42.0 Å². The lowest BCUT2D eigenvalue weighted by Gasteiger charge is -2.27. The quantitative estimate of drug-likeness (QED) is 0.0226. The fraction of sp³-hybridized carbons (Fsp3) is 0.873. The Morgan fingerprint density at radius 2 is 0.845 bits per heavy atom. The number of likely N-dealkylation sites (tertiary alicyclic amines) is 2. The van der Waals surface area contributed by atoms with E-state index in [4.69, 9.17) is 5.11 Å². The summed E-state index contributed by atoms with van der Waals surface area (Å²) in [7, 11) is 0. The molecule has 0 radical (unpaired) electrons. The SMILES string of the molecule is CCCCCCCCCCCCCCCC(=O)N1CCCC1C(=O)NCCCCC(NC(=O)C1CCCN1C(=O)CCCCCCCCCCCCCCC)C(=O)NCCNC(=O)C(CCC(=O)O)NO.